The van der Waals surface area contributed by atoms with Crippen molar-refractivity contribution in [3.05, 3.63) is 36.4 Å². The molecule has 0 saturated carbocycles. The number of rotatable bonds is 4. The minimum absolute atomic E-state index is 0.00719. The largest absolute Gasteiger partial charge is 0.459 e. The zero-order valence-corrected chi connectivity index (χ0v) is 10.8. The molecule has 0 N–H and O–H groups in total. The molecule has 0 radical (unpaired) electrons. The number of hydrogen-bond acceptors (Lipinski definition) is 6. The summed E-state index contributed by atoms with van der Waals surface area (Å²) in [5, 5.41) is 7.66. The Labute approximate surface area is 115 Å². The molecular formula is C14H14N2O4. The number of aromatic nitrogens is 2. The van der Waals surface area contributed by atoms with E-state index in [-0.39, 0.29) is 30.3 Å². The summed E-state index contributed by atoms with van der Waals surface area (Å²) in [6, 6.07) is 3.45. The van der Waals surface area contributed by atoms with Crippen molar-refractivity contribution in [2.24, 2.45) is 5.92 Å². The highest BCUT2D eigenvalue weighted by molar-refractivity contribution is 5.72. The van der Waals surface area contributed by atoms with Crippen LogP contribution in [0.15, 0.2) is 39.4 Å². The molecule has 1 aliphatic carbocycles. The molecule has 0 saturated heterocycles. The number of ether oxygens (including phenoxy) is 1. The van der Waals surface area contributed by atoms with E-state index in [0.29, 0.717) is 5.76 Å². The molecule has 0 spiro atoms. The highest BCUT2D eigenvalue weighted by Crippen LogP contribution is 2.21. The van der Waals surface area contributed by atoms with Gasteiger partial charge in [0.05, 0.1) is 12.2 Å². The van der Waals surface area contributed by atoms with Crippen LogP contribution in [0.2, 0.25) is 0 Å². The Kier molecular flexibility index (Phi) is 3.62. The van der Waals surface area contributed by atoms with Gasteiger partial charge in [-0.3, -0.25) is 4.79 Å². The zero-order valence-electron chi connectivity index (χ0n) is 10.8. The molecule has 0 fully saturated rings. The van der Waals surface area contributed by atoms with Gasteiger partial charge in [-0.05, 0) is 31.4 Å². The Hall–Kier alpha value is -2.37. The smallest absolute Gasteiger partial charge is 0.309 e. The first-order valence-corrected chi connectivity index (χ1v) is 6.51. The molecule has 1 atom stereocenters. The third kappa shape index (κ3) is 2.79. The van der Waals surface area contributed by atoms with Crippen LogP contribution in [0.4, 0.5) is 0 Å². The number of allylic oxidation sites excluding steroid dienone is 2. The van der Waals surface area contributed by atoms with Gasteiger partial charge in [-0.15, -0.1) is 10.2 Å². The molecule has 1 aliphatic rings. The van der Waals surface area contributed by atoms with Crippen LogP contribution in [-0.4, -0.2) is 16.2 Å². The Morgan fingerprint density at radius 3 is 3.10 bits per heavy atom. The molecule has 2 aromatic heterocycles. The predicted molar refractivity (Wildman–Crippen MR) is 68.3 cm³/mol. The van der Waals surface area contributed by atoms with Gasteiger partial charge in [-0.25, -0.2) is 0 Å². The summed E-state index contributed by atoms with van der Waals surface area (Å²) < 4.78 is 15.7. The standard InChI is InChI=1S/C14H14N2O4/c17-14(10-5-2-1-3-6-10)19-9-12-15-16-13(20-12)11-7-4-8-18-11/h1-2,4,7-8,10H,3,5-6,9H2/t10-/m1/s1. The van der Waals surface area contributed by atoms with Gasteiger partial charge in [0.1, 0.15) is 0 Å². The normalized spacial score (nSPS) is 18.1. The summed E-state index contributed by atoms with van der Waals surface area (Å²) in [7, 11) is 0. The number of furan rings is 1. The van der Waals surface area contributed by atoms with Gasteiger partial charge in [0.25, 0.3) is 11.8 Å². The molecule has 104 valence electrons. The fourth-order valence-corrected chi connectivity index (χ4v) is 2.07. The lowest BCUT2D eigenvalue weighted by Gasteiger charge is -2.15. The van der Waals surface area contributed by atoms with E-state index in [0.717, 1.165) is 19.3 Å². The number of esters is 1. The van der Waals surface area contributed by atoms with Crippen LogP contribution in [-0.2, 0) is 16.1 Å². The SMILES string of the molecule is O=C(OCc1nnc(-c2ccco2)o1)[C@@H]1CC=CCC1. The first-order valence-electron chi connectivity index (χ1n) is 6.51. The fraction of sp³-hybridized carbons (Fsp3) is 0.357. The van der Waals surface area contributed by atoms with E-state index >= 15 is 0 Å². The van der Waals surface area contributed by atoms with E-state index in [4.69, 9.17) is 13.6 Å². The van der Waals surface area contributed by atoms with Crippen LogP contribution in [0.3, 0.4) is 0 Å². The molecule has 3 rings (SSSR count). The predicted octanol–water partition coefficient (Wildman–Crippen LogP) is 2.73. The Morgan fingerprint density at radius 2 is 2.35 bits per heavy atom. The summed E-state index contributed by atoms with van der Waals surface area (Å²) in [4.78, 5) is 11.8. The second-order valence-electron chi connectivity index (χ2n) is 4.57. The Morgan fingerprint density at radius 1 is 1.40 bits per heavy atom. The van der Waals surface area contributed by atoms with Crippen LogP contribution < -0.4 is 0 Å². The maximum atomic E-state index is 11.8. The maximum absolute atomic E-state index is 11.8. The van der Waals surface area contributed by atoms with Crippen molar-refractivity contribution in [1.82, 2.24) is 10.2 Å². The number of nitrogens with zero attached hydrogens (tertiary/aromatic N) is 2. The van der Waals surface area contributed by atoms with Crippen molar-refractivity contribution in [2.45, 2.75) is 25.9 Å². The van der Waals surface area contributed by atoms with E-state index in [2.05, 4.69) is 16.3 Å². The van der Waals surface area contributed by atoms with Crippen molar-refractivity contribution < 1.29 is 18.4 Å². The van der Waals surface area contributed by atoms with Crippen LogP contribution in [0, 0.1) is 5.92 Å². The van der Waals surface area contributed by atoms with Gasteiger partial charge in [-0.2, -0.15) is 0 Å². The lowest BCUT2D eigenvalue weighted by atomic mass is 9.95. The van der Waals surface area contributed by atoms with Gasteiger partial charge in [0.15, 0.2) is 12.4 Å². The van der Waals surface area contributed by atoms with Gasteiger partial charge < -0.3 is 13.6 Å². The van der Waals surface area contributed by atoms with E-state index in [1.807, 2.05) is 6.08 Å². The molecule has 6 heteroatoms. The van der Waals surface area contributed by atoms with Crippen molar-refractivity contribution >= 4 is 5.97 Å². The van der Waals surface area contributed by atoms with Crippen molar-refractivity contribution in [3.63, 3.8) is 0 Å². The third-order valence-corrected chi connectivity index (χ3v) is 3.14. The average Bonchev–Trinajstić information content (AvgIpc) is 3.16. The maximum Gasteiger partial charge on any atom is 0.309 e. The van der Waals surface area contributed by atoms with Crippen molar-refractivity contribution in [1.29, 1.82) is 0 Å². The third-order valence-electron chi connectivity index (χ3n) is 3.14. The highest BCUT2D eigenvalue weighted by Gasteiger charge is 2.21. The summed E-state index contributed by atoms with van der Waals surface area (Å²) in [5.74, 6) is 0.754. The summed E-state index contributed by atoms with van der Waals surface area (Å²) >= 11 is 0. The van der Waals surface area contributed by atoms with Gasteiger partial charge in [0.2, 0.25) is 0 Å². The fourth-order valence-electron chi connectivity index (χ4n) is 2.07. The molecular weight excluding hydrogens is 260 g/mol. The molecule has 2 aromatic rings. The average molecular weight is 274 g/mol. The number of hydrogen-bond donors (Lipinski definition) is 0. The van der Waals surface area contributed by atoms with Gasteiger partial charge in [0, 0.05) is 0 Å². The second-order valence-corrected chi connectivity index (χ2v) is 4.57. The lowest BCUT2D eigenvalue weighted by molar-refractivity contribution is -0.150. The minimum atomic E-state index is -0.216. The van der Waals surface area contributed by atoms with Crippen molar-refractivity contribution in [2.75, 3.05) is 0 Å². The minimum Gasteiger partial charge on any atom is -0.459 e. The van der Waals surface area contributed by atoms with Crippen LogP contribution in [0.5, 0.6) is 0 Å². The number of carbonyl (C=O) groups excluding carboxylic acids is 1. The Balaban J connectivity index is 1.56. The molecule has 2 heterocycles. The zero-order chi connectivity index (χ0) is 13.8. The van der Waals surface area contributed by atoms with Gasteiger partial charge in [-0.1, -0.05) is 12.2 Å². The topological polar surface area (TPSA) is 78.4 Å². The van der Waals surface area contributed by atoms with Crippen LogP contribution in [0.1, 0.15) is 25.2 Å². The molecule has 6 nitrogen and oxygen atoms in total. The molecule has 0 aliphatic heterocycles. The molecule has 0 amide bonds. The lowest BCUT2D eigenvalue weighted by Crippen LogP contribution is -2.18. The van der Waals surface area contributed by atoms with E-state index in [9.17, 15) is 4.79 Å². The summed E-state index contributed by atoms with van der Waals surface area (Å²) in [6.45, 7) is -0.00719. The van der Waals surface area contributed by atoms with E-state index < -0.39 is 0 Å². The van der Waals surface area contributed by atoms with Crippen LogP contribution >= 0.6 is 0 Å². The monoisotopic (exact) mass is 274 g/mol. The Bertz CT molecular complexity index is 600. The van der Waals surface area contributed by atoms with Crippen molar-refractivity contribution in [3.8, 4) is 11.7 Å². The summed E-state index contributed by atoms with van der Waals surface area (Å²) in [6.07, 6.45) is 8.10. The molecule has 0 aromatic carbocycles. The first-order chi connectivity index (χ1) is 9.83. The second kappa shape index (κ2) is 5.73. The van der Waals surface area contributed by atoms with E-state index in [1.54, 1.807) is 12.1 Å². The molecule has 0 bridgehead atoms. The molecule has 0 unspecified atom stereocenters. The number of carbonyl (C=O) groups is 1. The van der Waals surface area contributed by atoms with Gasteiger partial charge >= 0.3 is 5.97 Å². The first kappa shape index (κ1) is 12.7. The quantitative estimate of drug-likeness (QED) is 0.630. The van der Waals surface area contributed by atoms with Crippen LogP contribution in [0.25, 0.3) is 11.7 Å². The molecule has 20 heavy (non-hydrogen) atoms. The van der Waals surface area contributed by atoms with E-state index in [1.165, 1.54) is 6.26 Å². The summed E-state index contributed by atoms with van der Waals surface area (Å²) in [5.41, 5.74) is 0. The highest BCUT2D eigenvalue weighted by atomic mass is 16.5.